The van der Waals surface area contributed by atoms with E-state index < -0.39 is 0 Å². The van der Waals surface area contributed by atoms with Crippen LogP contribution in [0.1, 0.15) is 16.0 Å². The molecule has 1 aromatic heterocycles. The molecule has 1 aromatic carbocycles. The van der Waals surface area contributed by atoms with E-state index in [-0.39, 0.29) is 5.91 Å². The molecule has 0 aliphatic rings. The van der Waals surface area contributed by atoms with Gasteiger partial charge in [0.15, 0.2) is 0 Å². The van der Waals surface area contributed by atoms with Crippen molar-refractivity contribution in [3.63, 3.8) is 0 Å². The van der Waals surface area contributed by atoms with Gasteiger partial charge in [-0.1, -0.05) is 29.3 Å². The third kappa shape index (κ3) is 4.92. The summed E-state index contributed by atoms with van der Waals surface area (Å²) in [7, 11) is 0. The van der Waals surface area contributed by atoms with E-state index in [1.54, 1.807) is 23.1 Å². The van der Waals surface area contributed by atoms with Gasteiger partial charge in [-0.3, -0.25) is 4.79 Å². The van der Waals surface area contributed by atoms with Gasteiger partial charge < -0.3 is 5.32 Å². The molecule has 2 rings (SSSR count). The summed E-state index contributed by atoms with van der Waals surface area (Å²) < 4.78 is 0.775. The summed E-state index contributed by atoms with van der Waals surface area (Å²) in [6.45, 7) is 3.92. The molecule has 0 saturated heterocycles. The third-order valence-corrected chi connectivity index (χ3v) is 5.50. The van der Waals surface area contributed by atoms with Gasteiger partial charge in [0.25, 0.3) is 0 Å². The Kier molecular flexibility index (Phi) is 5.99. The zero-order valence-corrected chi connectivity index (χ0v) is 14.8. The number of nitrogens with one attached hydrogen (secondary N) is 1. The van der Waals surface area contributed by atoms with Crippen molar-refractivity contribution in [1.82, 2.24) is 0 Å². The monoisotopic (exact) mass is 359 g/mol. The minimum absolute atomic E-state index is 0.0449. The van der Waals surface area contributed by atoms with E-state index in [0.717, 1.165) is 21.2 Å². The van der Waals surface area contributed by atoms with E-state index in [2.05, 4.69) is 5.32 Å². The maximum Gasteiger partial charge on any atom is 0.234 e. The van der Waals surface area contributed by atoms with Gasteiger partial charge in [-0.15, -0.1) is 23.1 Å². The number of aryl methyl sites for hydroxylation is 2. The lowest BCUT2D eigenvalue weighted by molar-refractivity contribution is -0.113. The highest BCUT2D eigenvalue weighted by Gasteiger charge is 2.10. The van der Waals surface area contributed by atoms with E-state index in [4.69, 9.17) is 23.2 Å². The molecule has 0 aliphatic heterocycles. The standard InChI is InChI=1S/C15H15Cl2NOS2/c1-9-5-10(2)15(12(16)6-9)18-14(19)8-20-7-11-3-4-13(17)21-11/h3-6H,7-8H2,1-2H3,(H,18,19). The van der Waals surface area contributed by atoms with Crippen LogP contribution in [0.2, 0.25) is 9.36 Å². The van der Waals surface area contributed by atoms with Crippen LogP contribution in [0, 0.1) is 13.8 Å². The highest BCUT2D eigenvalue weighted by atomic mass is 35.5. The van der Waals surface area contributed by atoms with Gasteiger partial charge in [-0.05, 0) is 43.2 Å². The molecule has 2 nitrogen and oxygen atoms in total. The summed E-state index contributed by atoms with van der Waals surface area (Å²) in [6, 6.07) is 7.71. The normalized spacial score (nSPS) is 10.7. The van der Waals surface area contributed by atoms with Crippen molar-refractivity contribution in [3.8, 4) is 0 Å². The Morgan fingerprint density at radius 1 is 1.29 bits per heavy atom. The summed E-state index contributed by atoms with van der Waals surface area (Å²) in [4.78, 5) is 13.2. The fourth-order valence-corrected chi connectivity index (χ4v) is 4.32. The van der Waals surface area contributed by atoms with Crippen LogP contribution in [0.5, 0.6) is 0 Å². The zero-order valence-electron chi connectivity index (χ0n) is 11.7. The lowest BCUT2D eigenvalue weighted by Crippen LogP contribution is -2.15. The number of thiophene rings is 1. The van der Waals surface area contributed by atoms with Crippen molar-refractivity contribution in [2.24, 2.45) is 0 Å². The Balaban J connectivity index is 1.87. The predicted molar refractivity (Wildman–Crippen MR) is 95.0 cm³/mol. The molecule has 1 amide bonds. The van der Waals surface area contributed by atoms with Gasteiger partial charge in [0.1, 0.15) is 0 Å². The zero-order chi connectivity index (χ0) is 15.4. The molecule has 1 heterocycles. The van der Waals surface area contributed by atoms with E-state index in [1.165, 1.54) is 4.88 Å². The van der Waals surface area contributed by atoms with Crippen LogP contribution < -0.4 is 5.32 Å². The first-order valence-corrected chi connectivity index (χ1v) is 9.07. The van der Waals surface area contributed by atoms with Crippen molar-refractivity contribution in [2.75, 3.05) is 11.1 Å². The second-order valence-corrected chi connectivity index (χ2v) is 7.88. The smallest absolute Gasteiger partial charge is 0.234 e. The first-order valence-electron chi connectivity index (χ1n) is 6.34. The maximum absolute atomic E-state index is 12.0. The molecule has 0 unspecified atom stereocenters. The van der Waals surface area contributed by atoms with Crippen molar-refractivity contribution < 1.29 is 4.79 Å². The lowest BCUT2D eigenvalue weighted by atomic mass is 10.1. The Bertz CT molecular complexity index is 632. The van der Waals surface area contributed by atoms with E-state index in [9.17, 15) is 4.79 Å². The molecule has 112 valence electrons. The minimum Gasteiger partial charge on any atom is -0.324 e. The molecule has 21 heavy (non-hydrogen) atoms. The van der Waals surface area contributed by atoms with Gasteiger partial charge in [0.05, 0.1) is 20.8 Å². The Morgan fingerprint density at radius 3 is 2.67 bits per heavy atom. The molecule has 0 radical (unpaired) electrons. The molecule has 0 bridgehead atoms. The van der Waals surface area contributed by atoms with Gasteiger partial charge in [0.2, 0.25) is 5.91 Å². The fraction of sp³-hybridized carbons (Fsp3) is 0.267. The number of halogens is 2. The molecule has 0 atom stereocenters. The number of thioether (sulfide) groups is 1. The van der Waals surface area contributed by atoms with E-state index >= 15 is 0 Å². The fourth-order valence-electron chi connectivity index (χ4n) is 1.92. The maximum atomic E-state index is 12.0. The number of hydrogen-bond acceptors (Lipinski definition) is 3. The summed E-state index contributed by atoms with van der Waals surface area (Å²) in [5.41, 5.74) is 2.76. The molecule has 0 saturated carbocycles. The number of hydrogen-bond donors (Lipinski definition) is 1. The average Bonchev–Trinajstić information content (AvgIpc) is 2.79. The number of rotatable bonds is 5. The highest BCUT2D eigenvalue weighted by Crippen LogP contribution is 2.28. The van der Waals surface area contributed by atoms with Crippen molar-refractivity contribution in [2.45, 2.75) is 19.6 Å². The van der Waals surface area contributed by atoms with Crippen LogP contribution in [0.4, 0.5) is 5.69 Å². The van der Waals surface area contributed by atoms with Gasteiger partial charge >= 0.3 is 0 Å². The van der Waals surface area contributed by atoms with Crippen molar-refractivity contribution >= 4 is 57.9 Å². The SMILES string of the molecule is Cc1cc(C)c(NC(=O)CSCc2ccc(Cl)s2)c(Cl)c1. The molecular weight excluding hydrogens is 345 g/mol. The Morgan fingerprint density at radius 2 is 2.05 bits per heavy atom. The van der Waals surface area contributed by atoms with Gasteiger partial charge in [-0.25, -0.2) is 0 Å². The molecular formula is C15H15Cl2NOS2. The molecule has 2 aromatic rings. The number of amides is 1. The number of carbonyl (C=O) groups is 1. The Hall–Kier alpha value is -0.680. The molecule has 1 N–H and O–H groups in total. The molecule has 0 aliphatic carbocycles. The van der Waals surface area contributed by atoms with Crippen LogP contribution in [0.25, 0.3) is 0 Å². The summed E-state index contributed by atoms with van der Waals surface area (Å²) in [6.07, 6.45) is 0. The number of carbonyl (C=O) groups excluding carboxylic acids is 1. The van der Waals surface area contributed by atoms with Crippen LogP contribution in [0.15, 0.2) is 24.3 Å². The van der Waals surface area contributed by atoms with Crippen molar-refractivity contribution in [3.05, 3.63) is 49.6 Å². The van der Waals surface area contributed by atoms with Gasteiger partial charge in [-0.2, -0.15) is 0 Å². The molecule has 6 heteroatoms. The summed E-state index contributed by atoms with van der Waals surface area (Å²) in [5, 5.41) is 3.46. The number of anilines is 1. The van der Waals surface area contributed by atoms with Crippen LogP contribution in [-0.2, 0) is 10.5 Å². The Labute approximate surface area is 142 Å². The minimum atomic E-state index is -0.0449. The second-order valence-electron chi connectivity index (χ2n) is 4.69. The second kappa shape index (κ2) is 7.54. The average molecular weight is 360 g/mol. The largest absolute Gasteiger partial charge is 0.324 e. The van der Waals surface area contributed by atoms with E-state index in [1.807, 2.05) is 38.1 Å². The quantitative estimate of drug-likeness (QED) is 0.758. The van der Waals surface area contributed by atoms with Crippen LogP contribution in [0.3, 0.4) is 0 Å². The first-order chi connectivity index (χ1) is 9.95. The number of benzene rings is 1. The summed E-state index contributed by atoms with van der Waals surface area (Å²) in [5.74, 6) is 1.13. The highest BCUT2D eigenvalue weighted by molar-refractivity contribution is 7.99. The lowest BCUT2D eigenvalue weighted by Gasteiger charge is -2.11. The van der Waals surface area contributed by atoms with Gasteiger partial charge in [0, 0.05) is 10.6 Å². The van der Waals surface area contributed by atoms with Crippen molar-refractivity contribution in [1.29, 1.82) is 0 Å². The first kappa shape index (κ1) is 16.7. The molecule has 0 fully saturated rings. The predicted octanol–water partition coefficient (Wildman–Crippen LogP) is 5.54. The topological polar surface area (TPSA) is 29.1 Å². The third-order valence-electron chi connectivity index (χ3n) is 2.80. The molecule has 0 spiro atoms. The summed E-state index contributed by atoms with van der Waals surface area (Å²) >= 11 is 15.1. The van der Waals surface area contributed by atoms with Crippen LogP contribution in [-0.4, -0.2) is 11.7 Å². The van der Waals surface area contributed by atoms with E-state index in [0.29, 0.717) is 16.5 Å². The van der Waals surface area contributed by atoms with Crippen LogP contribution >= 0.6 is 46.3 Å².